The van der Waals surface area contributed by atoms with Gasteiger partial charge in [0.2, 0.25) is 0 Å². The number of allylic oxidation sites excluding steroid dienone is 4. The van der Waals surface area contributed by atoms with E-state index in [1.54, 1.807) is 17.7 Å². The van der Waals surface area contributed by atoms with Crippen molar-refractivity contribution in [3.8, 4) is 0 Å². The first kappa shape index (κ1) is 35.6. The van der Waals surface area contributed by atoms with E-state index in [1.807, 2.05) is 12.1 Å². The minimum atomic E-state index is -0.869. The molecule has 3 saturated carbocycles. The summed E-state index contributed by atoms with van der Waals surface area (Å²) in [4.78, 5) is 27.8. The van der Waals surface area contributed by atoms with Crippen LogP contribution in [0.3, 0.4) is 0 Å². The molecule has 5 aliphatic carbocycles. The van der Waals surface area contributed by atoms with Crippen LogP contribution in [0.2, 0.25) is 0 Å². The van der Waals surface area contributed by atoms with Crippen LogP contribution in [0.25, 0.3) is 5.57 Å². The second-order valence-corrected chi connectivity index (χ2v) is 18.7. The molecule has 0 spiro atoms. The summed E-state index contributed by atoms with van der Waals surface area (Å²) in [5.74, 6) is 1.96. The molecule has 0 heterocycles. The number of likely N-dealkylation sites (N-methyl/N-ethyl adjacent to an activating group) is 1. The van der Waals surface area contributed by atoms with Gasteiger partial charge in [0.25, 0.3) is 0 Å². The molecule has 3 fully saturated rings. The van der Waals surface area contributed by atoms with E-state index < -0.39 is 5.97 Å². The lowest BCUT2D eigenvalue weighted by atomic mass is 9.33. The topological polar surface area (TPSA) is 69.6 Å². The Morgan fingerprint density at radius 3 is 2.25 bits per heavy atom. The molecule has 6 rings (SSSR count). The Balaban J connectivity index is 1.34. The van der Waals surface area contributed by atoms with Crippen molar-refractivity contribution < 1.29 is 14.7 Å². The van der Waals surface area contributed by atoms with E-state index in [4.69, 9.17) is 0 Å². The summed E-state index contributed by atoms with van der Waals surface area (Å²) in [5.41, 5.74) is 6.29. The number of carboxylic acid groups (broad SMARTS) is 1. The quantitative estimate of drug-likeness (QED) is 0.260. The predicted molar refractivity (Wildman–Crippen MR) is 197 cm³/mol. The van der Waals surface area contributed by atoms with Crippen LogP contribution in [0.1, 0.15) is 123 Å². The van der Waals surface area contributed by atoms with Gasteiger partial charge in [0.15, 0.2) is 5.78 Å². The van der Waals surface area contributed by atoms with Gasteiger partial charge in [-0.15, -0.1) is 0 Å². The number of rotatable bonds is 9. The number of carbonyl (C=O) groups is 2. The Hall–Kier alpha value is -2.24. The van der Waals surface area contributed by atoms with Crippen molar-refractivity contribution in [2.24, 2.45) is 56.7 Å². The standard InChI is InChI=1S/C43H64N2O3/c1-27(2)36-33(46)25-43(28(3)26-44-23-24-45(9)10)22-21-41(7)32(37(36)43)15-16-35-40(6)19-17-31(29-11-13-30(14-12-29)38(47)48)39(4,5)34(40)18-20-42(35,41)8/h11-14,17,27-28,32,34-35,44H,15-16,18-26H2,1-10H3,(H,47,48)/t28?,32-,34+,35-,40+,41-,42-,43+/m1/s1. The number of nitrogens with one attached hydrogen (secondary N) is 1. The van der Waals surface area contributed by atoms with Crippen LogP contribution in [0.4, 0.5) is 0 Å². The van der Waals surface area contributed by atoms with Crippen molar-refractivity contribution in [1.82, 2.24) is 10.2 Å². The lowest BCUT2D eigenvalue weighted by Gasteiger charge is -2.71. The van der Waals surface area contributed by atoms with E-state index in [-0.39, 0.29) is 33.0 Å². The lowest BCUT2D eigenvalue weighted by Crippen LogP contribution is -2.64. The molecule has 0 bridgehead atoms. The summed E-state index contributed by atoms with van der Waals surface area (Å²) in [5, 5.41) is 13.3. The Kier molecular flexibility index (Phi) is 9.06. The van der Waals surface area contributed by atoms with Gasteiger partial charge in [0.05, 0.1) is 5.56 Å². The Morgan fingerprint density at radius 2 is 1.62 bits per heavy atom. The summed E-state index contributed by atoms with van der Waals surface area (Å²) in [6.45, 7) is 22.8. The third-order valence-corrected chi connectivity index (χ3v) is 15.6. The molecule has 264 valence electrons. The number of hydrogen-bond donors (Lipinski definition) is 2. The summed E-state index contributed by atoms with van der Waals surface area (Å²) >= 11 is 0. The van der Waals surface area contributed by atoms with Crippen LogP contribution in [-0.4, -0.2) is 55.5 Å². The number of carbonyl (C=O) groups excluding carboxylic acids is 1. The number of fused-ring (bicyclic) bond motifs is 7. The number of carboxylic acids is 1. The zero-order valence-corrected chi connectivity index (χ0v) is 31.8. The number of nitrogens with zero attached hydrogens (tertiary/aromatic N) is 1. The summed E-state index contributed by atoms with van der Waals surface area (Å²) in [6.07, 6.45) is 11.6. The third kappa shape index (κ3) is 5.14. The molecule has 0 aliphatic heterocycles. The van der Waals surface area contributed by atoms with Gasteiger partial charge >= 0.3 is 5.97 Å². The van der Waals surface area contributed by atoms with Crippen molar-refractivity contribution >= 4 is 17.3 Å². The highest BCUT2D eigenvalue weighted by molar-refractivity contribution is 6.00. The summed E-state index contributed by atoms with van der Waals surface area (Å²) in [7, 11) is 4.26. The van der Waals surface area contributed by atoms with E-state index in [9.17, 15) is 14.7 Å². The summed E-state index contributed by atoms with van der Waals surface area (Å²) in [6, 6.07) is 7.57. The fourth-order valence-corrected chi connectivity index (χ4v) is 13.0. The monoisotopic (exact) mass is 656 g/mol. The molecule has 2 N–H and O–H groups in total. The number of hydrogen-bond acceptors (Lipinski definition) is 4. The first-order valence-electron chi connectivity index (χ1n) is 19.1. The van der Waals surface area contributed by atoms with Gasteiger partial charge in [-0.2, -0.15) is 0 Å². The molecule has 5 heteroatoms. The molecule has 0 amide bonds. The minimum absolute atomic E-state index is 0.00122. The first-order valence-corrected chi connectivity index (χ1v) is 19.1. The zero-order valence-electron chi connectivity index (χ0n) is 31.8. The van der Waals surface area contributed by atoms with Crippen LogP contribution < -0.4 is 5.32 Å². The van der Waals surface area contributed by atoms with Gasteiger partial charge in [0.1, 0.15) is 0 Å². The van der Waals surface area contributed by atoms with Crippen LogP contribution in [-0.2, 0) is 4.79 Å². The van der Waals surface area contributed by atoms with Gasteiger partial charge in [-0.1, -0.05) is 79.2 Å². The molecule has 0 aromatic heterocycles. The molecule has 0 radical (unpaired) electrons. The number of Topliss-reactive ketones (excluding diaryl/α,β-unsaturated/α-hetero) is 1. The van der Waals surface area contributed by atoms with Crippen LogP contribution in [0, 0.1) is 56.7 Å². The maximum Gasteiger partial charge on any atom is 0.335 e. The zero-order chi connectivity index (χ0) is 35.0. The van der Waals surface area contributed by atoms with E-state index in [0.29, 0.717) is 41.4 Å². The normalized spacial score (nSPS) is 37.9. The Morgan fingerprint density at radius 1 is 0.938 bits per heavy atom. The van der Waals surface area contributed by atoms with Crippen molar-refractivity contribution in [1.29, 1.82) is 0 Å². The van der Waals surface area contributed by atoms with E-state index in [0.717, 1.165) is 32.5 Å². The largest absolute Gasteiger partial charge is 0.478 e. The molecule has 48 heavy (non-hydrogen) atoms. The van der Waals surface area contributed by atoms with Crippen molar-refractivity contribution in [2.45, 2.75) is 107 Å². The fraction of sp³-hybridized carbons (Fsp3) is 0.721. The Labute approximate surface area is 291 Å². The van der Waals surface area contributed by atoms with Gasteiger partial charge in [0, 0.05) is 24.9 Å². The molecule has 5 nitrogen and oxygen atoms in total. The van der Waals surface area contributed by atoms with Gasteiger partial charge in [-0.05, 0) is 146 Å². The molecule has 1 unspecified atom stereocenters. The Bertz CT molecular complexity index is 1500. The van der Waals surface area contributed by atoms with Crippen LogP contribution in [0.15, 0.2) is 41.5 Å². The molecule has 8 atom stereocenters. The van der Waals surface area contributed by atoms with E-state index in [1.165, 1.54) is 48.8 Å². The number of ketones is 1. The SMILES string of the molecule is CC(C)C1=C2[C@H]3CC[C@@H]4[C@@]5(C)CC=C(c6ccc(C(=O)O)cc6)C(C)(C)[C@@H]5CC[C@@]4(C)[C@]3(C)CC[C@@]2(C(C)CNCCN(C)C)CC1=O. The van der Waals surface area contributed by atoms with Crippen molar-refractivity contribution in [2.75, 3.05) is 33.7 Å². The van der Waals surface area contributed by atoms with Crippen molar-refractivity contribution in [3.05, 3.63) is 52.6 Å². The van der Waals surface area contributed by atoms with Gasteiger partial charge in [-0.3, -0.25) is 4.79 Å². The second kappa shape index (κ2) is 12.2. The highest BCUT2D eigenvalue weighted by Gasteiger charge is 2.69. The molecule has 0 saturated heterocycles. The summed E-state index contributed by atoms with van der Waals surface area (Å²) < 4.78 is 0. The third-order valence-electron chi connectivity index (χ3n) is 15.6. The number of benzene rings is 1. The number of aromatic carboxylic acids is 1. The van der Waals surface area contributed by atoms with Crippen molar-refractivity contribution in [3.63, 3.8) is 0 Å². The molecular weight excluding hydrogens is 592 g/mol. The highest BCUT2D eigenvalue weighted by atomic mass is 16.4. The minimum Gasteiger partial charge on any atom is -0.478 e. The molecule has 1 aromatic rings. The second-order valence-electron chi connectivity index (χ2n) is 18.7. The maximum absolute atomic E-state index is 14.0. The molecular formula is C43H64N2O3. The lowest BCUT2D eigenvalue weighted by molar-refractivity contribution is -0.198. The van der Waals surface area contributed by atoms with Crippen LogP contribution in [0.5, 0.6) is 0 Å². The predicted octanol–water partition coefficient (Wildman–Crippen LogP) is 9.15. The van der Waals surface area contributed by atoms with E-state index in [2.05, 4.69) is 85.8 Å². The average molecular weight is 657 g/mol. The van der Waals surface area contributed by atoms with Gasteiger partial charge < -0.3 is 15.3 Å². The molecule has 1 aromatic carbocycles. The maximum atomic E-state index is 14.0. The average Bonchev–Trinajstić information content (AvgIpc) is 3.32. The fourth-order valence-electron chi connectivity index (χ4n) is 13.0. The van der Waals surface area contributed by atoms with Crippen LogP contribution >= 0.6 is 0 Å². The molecule has 5 aliphatic rings. The van der Waals surface area contributed by atoms with Gasteiger partial charge in [-0.25, -0.2) is 4.79 Å². The smallest absolute Gasteiger partial charge is 0.335 e. The first-order chi connectivity index (χ1) is 22.4. The van der Waals surface area contributed by atoms with E-state index >= 15 is 0 Å². The highest BCUT2D eigenvalue weighted by Crippen LogP contribution is 2.77.